The van der Waals surface area contributed by atoms with Crippen molar-refractivity contribution in [3.63, 3.8) is 0 Å². The van der Waals surface area contributed by atoms with Gasteiger partial charge in [-0.1, -0.05) is 13.8 Å². The molecule has 0 atom stereocenters. The van der Waals surface area contributed by atoms with Gasteiger partial charge in [-0.3, -0.25) is 0 Å². The Morgan fingerprint density at radius 1 is 1.12 bits per heavy atom. The van der Waals surface area contributed by atoms with Gasteiger partial charge in [0, 0.05) is 5.54 Å². The summed E-state index contributed by atoms with van der Waals surface area (Å²) in [6, 6.07) is 0. The summed E-state index contributed by atoms with van der Waals surface area (Å²) in [5, 5.41) is 10.9. The van der Waals surface area contributed by atoms with Gasteiger partial charge in [0.05, 0.1) is 5.60 Å². The fourth-order valence-electron chi connectivity index (χ4n) is 3.48. The molecular formula is C14H27NOS. The molecule has 100 valence electrons. The highest BCUT2D eigenvalue weighted by molar-refractivity contribution is 7.99. The molecule has 0 radical (unpaired) electrons. The second-order valence-corrected chi connectivity index (χ2v) is 7.61. The van der Waals surface area contributed by atoms with Crippen molar-refractivity contribution in [2.24, 2.45) is 17.6 Å². The smallest absolute Gasteiger partial charge is 0.0827 e. The van der Waals surface area contributed by atoms with Crippen LogP contribution in [0.5, 0.6) is 0 Å². The van der Waals surface area contributed by atoms with Gasteiger partial charge in [-0.25, -0.2) is 0 Å². The van der Waals surface area contributed by atoms with Crippen LogP contribution in [0.2, 0.25) is 0 Å². The third-order valence-corrected chi connectivity index (χ3v) is 6.10. The highest BCUT2D eigenvalue weighted by atomic mass is 32.2. The summed E-state index contributed by atoms with van der Waals surface area (Å²) in [6.07, 6.45) is 6.11. The van der Waals surface area contributed by atoms with Crippen LogP contribution in [0, 0.1) is 11.8 Å². The van der Waals surface area contributed by atoms with Crippen LogP contribution in [-0.2, 0) is 0 Å². The second kappa shape index (κ2) is 5.10. The summed E-state index contributed by atoms with van der Waals surface area (Å²) in [6.45, 7) is 4.59. The molecule has 0 spiro atoms. The maximum atomic E-state index is 10.9. The first-order chi connectivity index (χ1) is 7.97. The SMILES string of the molecule is CC(C)C1CCC(O)(C2(N)CCSCC2)CC1. The van der Waals surface area contributed by atoms with Gasteiger partial charge in [-0.2, -0.15) is 11.8 Å². The molecule has 0 unspecified atom stereocenters. The summed E-state index contributed by atoms with van der Waals surface area (Å²) in [7, 11) is 0. The average molecular weight is 257 g/mol. The lowest BCUT2D eigenvalue weighted by molar-refractivity contribution is -0.0804. The molecule has 0 bridgehead atoms. The van der Waals surface area contributed by atoms with Crippen LogP contribution < -0.4 is 5.73 Å². The van der Waals surface area contributed by atoms with Crippen LogP contribution >= 0.6 is 11.8 Å². The number of nitrogens with two attached hydrogens (primary N) is 1. The van der Waals surface area contributed by atoms with Crippen molar-refractivity contribution < 1.29 is 5.11 Å². The lowest BCUT2D eigenvalue weighted by Crippen LogP contribution is -2.63. The Bertz CT molecular complexity index is 253. The van der Waals surface area contributed by atoms with E-state index in [0.717, 1.165) is 61.9 Å². The number of hydrogen-bond donors (Lipinski definition) is 2. The zero-order valence-corrected chi connectivity index (χ0v) is 12.1. The van der Waals surface area contributed by atoms with E-state index >= 15 is 0 Å². The van der Waals surface area contributed by atoms with E-state index in [1.807, 2.05) is 11.8 Å². The largest absolute Gasteiger partial charge is 0.388 e. The van der Waals surface area contributed by atoms with E-state index in [2.05, 4.69) is 13.8 Å². The Hall–Kier alpha value is 0.270. The minimum Gasteiger partial charge on any atom is -0.388 e. The molecule has 0 amide bonds. The predicted octanol–water partition coefficient (Wildman–Crippen LogP) is 2.79. The van der Waals surface area contributed by atoms with Crippen molar-refractivity contribution >= 4 is 11.8 Å². The average Bonchev–Trinajstić information content (AvgIpc) is 2.30. The number of rotatable bonds is 2. The molecule has 17 heavy (non-hydrogen) atoms. The van der Waals surface area contributed by atoms with Gasteiger partial charge >= 0.3 is 0 Å². The number of aliphatic hydroxyl groups is 1. The van der Waals surface area contributed by atoms with Crippen LogP contribution in [0.3, 0.4) is 0 Å². The van der Waals surface area contributed by atoms with Crippen molar-refractivity contribution in [2.45, 2.75) is 63.5 Å². The van der Waals surface area contributed by atoms with Gasteiger partial charge in [0.2, 0.25) is 0 Å². The molecule has 2 fully saturated rings. The fourth-order valence-corrected chi connectivity index (χ4v) is 4.70. The standard InChI is InChI=1S/C14H27NOS/c1-11(2)12-3-5-14(16,6-4-12)13(15)7-9-17-10-8-13/h11-12,16H,3-10,15H2,1-2H3. The van der Waals surface area contributed by atoms with Crippen molar-refractivity contribution in [3.05, 3.63) is 0 Å². The molecule has 2 nitrogen and oxygen atoms in total. The zero-order valence-electron chi connectivity index (χ0n) is 11.2. The van der Waals surface area contributed by atoms with Crippen LogP contribution in [0.4, 0.5) is 0 Å². The first-order valence-electron chi connectivity index (χ1n) is 7.06. The van der Waals surface area contributed by atoms with Crippen LogP contribution in [-0.4, -0.2) is 27.8 Å². The second-order valence-electron chi connectivity index (χ2n) is 6.38. The Morgan fingerprint density at radius 2 is 1.65 bits per heavy atom. The van der Waals surface area contributed by atoms with Gasteiger partial charge in [0.15, 0.2) is 0 Å². The third kappa shape index (κ3) is 2.66. The van der Waals surface area contributed by atoms with Crippen LogP contribution in [0.1, 0.15) is 52.4 Å². The minimum absolute atomic E-state index is 0.305. The molecule has 1 aliphatic carbocycles. The van der Waals surface area contributed by atoms with E-state index in [0.29, 0.717) is 0 Å². The molecule has 2 rings (SSSR count). The highest BCUT2D eigenvalue weighted by Gasteiger charge is 2.49. The van der Waals surface area contributed by atoms with E-state index in [4.69, 9.17) is 5.73 Å². The summed E-state index contributed by atoms with van der Waals surface area (Å²) in [4.78, 5) is 0. The van der Waals surface area contributed by atoms with Crippen molar-refractivity contribution in [3.8, 4) is 0 Å². The van der Waals surface area contributed by atoms with E-state index in [1.54, 1.807) is 0 Å². The highest BCUT2D eigenvalue weighted by Crippen LogP contribution is 2.45. The topological polar surface area (TPSA) is 46.2 Å². The lowest BCUT2D eigenvalue weighted by Gasteiger charge is -2.50. The minimum atomic E-state index is -0.584. The molecule has 1 heterocycles. The zero-order chi connectivity index (χ0) is 12.5. The first-order valence-corrected chi connectivity index (χ1v) is 8.21. The molecular weight excluding hydrogens is 230 g/mol. The lowest BCUT2D eigenvalue weighted by atomic mass is 9.64. The Balaban J connectivity index is 2.00. The van der Waals surface area contributed by atoms with Crippen molar-refractivity contribution in [2.75, 3.05) is 11.5 Å². The van der Waals surface area contributed by atoms with E-state index in [-0.39, 0.29) is 5.54 Å². The summed E-state index contributed by atoms with van der Waals surface area (Å²) in [5.74, 6) is 3.77. The van der Waals surface area contributed by atoms with Crippen LogP contribution in [0.15, 0.2) is 0 Å². The Kier molecular flexibility index (Phi) is 4.11. The van der Waals surface area contributed by atoms with Crippen LogP contribution in [0.25, 0.3) is 0 Å². The van der Waals surface area contributed by atoms with E-state index < -0.39 is 5.60 Å². The monoisotopic (exact) mass is 257 g/mol. The molecule has 0 aromatic carbocycles. The maximum absolute atomic E-state index is 10.9. The van der Waals surface area contributed by atoms with Gasteiger partial charge in [0.1, 0.15) is 0 Å². The molecule has 0 aromatic heterocycles. The molecule has 0 aromatic rings. The molecule has 3 heteroatoms. The van der Waals surface area contributed by atoms with Crippen molar-refractivity contribution in [1.82, 2.24) is 0 Å². The third-order valence-electron chi connectivity index (χ3n) is 5.11. The molecule has 1 saturated carbocycles. The Labute approximate surface area is 110 Å². The predicted molar refractivity (Wildman–Crippen MR) is 75.2 cm³/mol. The van der Waals surface area contributed by atoms with Gasteiger partial charge in [-0.15, -0.1) is 0 Å². The van der Waals surface area contributed by atoms with Gasteiger partial charge < -0.3 is 10.8 Å². The normalized spacial score (nSPS) is 38.3. The van der Waals surface area contributed by atoms with E-state index in [9.17, 15) is 5.11 Å². The maximum Gasteiger partial charge on any atom is 0.0827 e. The number of thioether (sulfide) groups is 1. The molecule has 3 N–H and O–H groups in total. The van der Waals surface area contributed by atoms with Gasteiger partial charge in [0.25, 0.3) is 0 Å². The van der Waals surface area contributed by atoms with Crippen molar-refractivity contribution in [1.29, 1.82) is 0 Å². The summed E-state index contributed by atoms with van der Waals surface area (Å²) in [5.41, 5.74) is 5.64. The number of hydrogen-bond acceptors (Lipinski definition) is 3. The Morgan fingerprint density at radius 3 is 2.12 bits per heavy atom. The molecule has 1 saturated heterocycles. The molecule has 2 aliphatic rings. The fraction of sp³-hybridized carbons (Fsp3) is 1.00. The molecule has 1 aliphatic heterocycles. The van der Waals surface area contributed by atoms with Gasteiger partial charge in [-0.05, 0) is 61.9 Å². The summed E-state index contributed by atoms with van der Waals surface area (Å²) >= 11 is 1.97. The first kappa shape index (κ1) is 13.7. The van der Waals surface area contributed by atoms with E-state index in [1.165, 1.54) is 0 Å². The summed E-state index contributed by atoms with van der Waals surface area (Å²) < 4.78 is 0. The quantitative estimate of drug-likeness (QED) is 0.799.